The van der Waals surface area contributed by atoms with Crippen LogP contribution in [0.2, 0.25) is 0 Å². The van der Waals surface area contributed by atoms with Gasteiger partial charge in [-0.3, -0.25) is 9.59 Å². The van der Waals surface area contributed by atoms with Crippen molar-refractivity contribution in [1.82, 2.24) is 5.32 Å². The second-order valence-electron chi connectivity index (χ2n) is 1.66. The Morgan fingerprint density at radius 2 is 2.30 bits per heavy atom. The molecule has 0 aliphatic heterocycles. The lowest BCUT2D eigenvalue weighted by atomic mass is 10.3. The van der Waals surface area contributed by atoms with Crippen LogP contribution in [0.5, 0.6) is 0 Å². The van der Waals surface area contributed by atoms with Crippen molar-refractivity contribution in [2.24, 2.45) is 0 Å². The van der Waals surface area contributed by atoms with Crippen LogP contribution in [0.25, 0.3) is 0 Å². The zero-order chi connectivity index (χ0) is 11.6. The quantitative estimate of drug-likeness (QED) is 0.508. The third-order valence-electron chi connectivity index (χ3n) is 0.667. The van der Waals surface area contributed by atoms with E-state index in [2.05, 4.69) is 0 Å². The molecule has 0 aromatic carbocycles. The van der Waals surface area contributed by atoms with Crippen molar-refractivity contribution < 1.29 is 20.2 Å². The number of carbonyl (C=O) groups is 2. The van der Waals surface area contributed by atoms with Crippen LogP contribution in [0, 0.1) is 0 Å². The predicted molar refractivity (Wildman–Crippen MR) is 35.4 cm³/mol. The third-order valence-corrected chi connectivity index (χ3v) is 0.667. The number of ketones is 1. The summed E-state index contributed by atoms with van der Waals surface area (Å²) in [5, 5.41) is 10.3. The van der Waals surface area contributed by atoms with Crippen LogP contribution in [-0.2, 0) is 9.59 Å². The van der Waals surface area contributed by atoms with Crippen LogP contribution in [0.4, 0.5) is 0 Å². The van der Waals surface area contributed by atoms with Gasteiger partial charge in [0.05, 0.1) is 18.5 Å². The summed E-state index contributed by atoms with van der Waals surface area (Å²) < 4.78 is 27.2. The zero-order valence-corrected chi connectivity index (χ0v) is 5.47. The van der Waals surface area contributed by atoms with Crippen molar-refractivity contribution in [3.05, 3.63) is 0 Å². The van der Waals surface area contributed by atoms with E-state index in [0.29, 0.717) is 0 Å². The maximum Gasteiger partial charge on any atom is 0.227 e. The first-order valence-corrected chi connectivity index (χ1v) is 2.59. The van der Waals surface area contributed by atoms with E-state index in [1.54, 1.807) is 5.32 Å². The number of hydrogen-bond donors (Lipinski definition) is 2. The molecular formula is C6H11NO3. The Labute approximate surface area is 64.9 Å². The van der Waals surface area contributed by atoms with Crippen LogP contribution < -0.4 is 5.32 Å². The maximum absolute atomic E-state index is 10.9. The second-order valence-corrected chi connectivity index (χ2v) is 1.66. The first-order valence-electron chi connectivity index (χ1n) is 4.59. The largest absolute Gasteiger partial charge is 0.395 e. The number of rotatable bonds is 4. The number of hydrogen-bond acceptors (Lipinski definition) is 3. The molecule has 0 saturated carbocycles. The lowest BCUT2D eigenvalue weighted by molar-refractivity contribution is -0.127. The van der Waals surface area contributed by atoms with Gasteiger partial charge in [0, 0.05) is 6.50 Å². The van der Waals surface area contributed by atoms with Crippen LogP contribution in [0.3, 0.4) is 0 Å². The van der Waals surface area contributed by atoms with Gasteiger partial charge in [-0.15, -0.1) is 0 Å². The van der Waals surface area contributed by atoms with Gasteiger partial charge in [0.25, 0.3) is 0 Å². The standard InChI is InChI=1S/C6H11NO3/c1-5(9)4-6(10)7-2-3-8/h8H,2-4H2,1H3,(H,7,10)/i2D2,3D2. The van der Waals surface area contributed by atoms with Crippen LogP contribution in [0.15, 0.2) is 0 Å². The van der Waals surface area contributed by atoms with Gasteiger partial charge in [-0.2, -0.15) is 0 Å². The number of aliphatic hydroxyl groups is 1. The molecule has 0 rings (SSSR count). The van der Waals surface area contributed by atoms with Crippen molar-refractivity contribution in [3.63, 3.8) is 0 Å². The highest BCUT2D eigenvalue weighted by molar-refractivity contribution is 5.96. The normalized spacial score (nSPS) is 17.8. The summed E-state index contributed by atoms with van der Waals surface area (Å²) in [6.45, 7) is -4.97. The molecule has 0 aromatic heterocycles. The smallest absolute Gasteiger partial charge is 0.227 e. The van der Waals surface area contributed by atoms with Gasteiger partial charge in [0.15, 0.2) is 0 Å². The number of nitrogens with one attached hydrogen (secondary N) is 1. The molecule has 4 nitrogen and oxygen atoms in total. The molecule has 0 aliphatic carbocycles. The lowest BCUT2D eigenvalue weighted by Gasteiger charge is -1.98. The number of carbonyl (C=O) groups excluding carboxylic acids is 2. The van der Waals surface area contributed by atoms with E-state index in [4.69, 9.17) is 10.6 Å². The van der Waals surface area contributed by atoms with E-state index >= 15 is 0 Å². The van der Waals surface area contributed by atoms with E-state index < -0.39 is 31.2 Å². The summed E-state index contributed by atoms with van der Waals surface area (Å²) in [7, 11) is 0. The zero-order valence-electron chi connectivity index (χ0n) is 9.47. The molecule has 0 radical (unpaired) electrons. The van der Waals surface area contributed by atoms with Crippen molar-refractivity contribution in [3.8, 4) is 0 Å². The van der Waals surface area contributed by atoms with E-state index in [1.165, 1.54) is 0 Å². The summed E-state index contributed by atoms with van der Waals surface area (Å²) in [5.74, 6) is -1.45. The molecule has 4 heteroatoms. The molecule has 0 saturated heterocycles. The van der Waals surface area contributed by atoms with E-state index in [9.17, 15) is 9.59 Å². The van der Waals surface area contributed by atoms with Gasteiger partial charge < -0.3 is 10.4 Å². The minimum Gasteiger partial charge on any atom is -0.395 e. The molecule has 0 aliphatic rings. The summed E-state index contributed by atoms with van der Waals surface area (Å²) in [5.41, 5.74) is 0. The van der Waals surface area contributed by atoms with E-state index in [1.807, 2.05) is 0 Å². The Bertz CT molecular complexity index is 248. The highest BCUT2D eigenvalue weighted by Gasteiger charge is 2.01. The fourth-order valence-electron chi connectivity index (χ4n) is 0.368. The summed E-state index contributed by atoms with van der Waals surface area (Å²) in [6, 6.07) is 0. The molecule has 0 spiro atoms. The van der Waals surface area contributed by atoms with Gasteiger partial charge in [0.1, 0.15) is 5.78 Å². The van der Waals surface area contributed by atoms with E-state index in [-0.39, 0.29) is 0 Å². The predicted octanol–water partition coefficient (Wildman–Crippen LogP) is -0.926. The monoisotopic (exact) mass is 149 g/mol. The highest BCUT2D eigenvalue weighted by Crippen LogP contribution is 1.79. The molecule has 0 heterocycles. The van der Waals surface area contributed by atoms with Crippen molar-refractivity contribution in [2.45, 2.75) is 13.3 Å². The van der Waals surface area contributed by atoms with Gasteiger partial charge in [0.2, 0.25) is 5.91 Å². The first-order chi connectivity index (χ1) is 6.06. The van der Waals surface area contributed by atoms with Crippen LogP contribution >= 0.6 is 0 Å². The van der Waals surface area contributed by atoms with Gasteiger partial charge >= 0.3 is 0 Å². The van der Waals surface area contributed by atoms with Gasteiger partial charge in [-0.1, -0.05) is 0 Å². The molecule has 1 amide bonds. The van der Waals surface area contributed by atoms with Crippen LogP contribution in [0.1, 0.15) is 18.8 Å². The lowest BCUT2D eigenvalue weighted by Crippen LogP contribution is -2.27. The maximum atomic E-state index is 10.9. The Balaban J connectivity index is 4.37. The Kier molecular flexibility index (Phi) is 2.01. The highest BCUT2D eigenvalue weighted by atomic mass is 16.3. The Morgan fingerprint density at radius 3 is 2.70 bits per heavy atom. The summed E-state index contributed by atoms with van der Waals surface area (Å²) in [4.78, 5) is 21.3. The van der Waals surface area contributed by atoms with Gasteiger partial charge in [-0.25, -0.2) is 0 Å². The fourth-order valence-corrected chi connectivity index (χ4v) is 0.368. The molecule has 0 aromatic rings. The van der Waals surface area contributed by atoms with Gasteiger partial charge in [-0.05, 0) is 6.92 Å². The number of amides is 1. The summed E-state index contributed by atoms with van der Waals surface area (Å²) >= 11 is 0. The van der Waals surface area contributed by atoms with Crippen molar-refractivity contribution >= 4 is 11.7 Å². The first kappa shape index (κ1) is 4.08. The minimum atomic E-state index is -3.19. The third kappa shape index (κ3) is 5.24. The van der Waals surface area contributed by atoms with Crippen molar-refractivity contribution in [1.29, 1.82) is 0 Å². The molecule has 0 fully saturated rings. The average molecular weight is 149 g/mol. The molecule has 0 unspecified atom stereocenters. The molecule has 58 valence electrons. The fraction of sp³-hybridized carbons (Fsp3) is 0.667. The average Bonchev–Trinajstić information content (AvgIpc) is 1.79. The molecule has 0 bridgehead atoms. The topological polar surface area (TPSA) is 66.4 Å². The molecule has 10 heavy (non-hydrogen) atoms. The molecular weight excluding hydrogens is 134 g/mol. The molecule has 2 N–H and O–H groups in total. The molecule has 0 atom stereocenters. The Hall–Kier alpha value is -0.900. The van der Waals surface area contributed by atoms with Crippen LogP contribution in [-0.4, -0.2) is 29.9 Å². The second kappa shape index (κ2) is 4.93. The Morgan fingerprint density at radius 1 is 1.70 bits per heavy atom. The minimum absolute atomic E-state index is 0.475. The van der Waals surface area contributed by atoms with Crippen molar-refractivity contribution in [2.75, 3.05) is 13.1 Å². The SMILES string of the molecule is [2H]C([2H])(O)C([2H])([2H])NC(=O)CC(C)=O. The summed E-state index contributed by atoms with van der Waals surface area (Å²) in [6.07, 6.45) is -0.546. The van der Waals surface area contributed by atoms with E-state index in [0.717, 1.165) is 6.92 Å². The number of Topliss-reactive ketones (excluding diaryl/α,β-unsaturated/α-hetero) is 1.